The van der Waals surface area contributed by atoms with Gasteiger partial charge in [-0.25, -0.2) is 0 Å². The fraction of sp³-hybridized carbons (Fsp3) is 0.938. The lowest BCUT2D eigenvalue weighted by Gasteiger charge is -2.36. The van der Waals surface area contributed by atoms with Crippen LogP contribution in [-0.4, -0.2) is 17.8 Å². The maximum absolute atomic E-state index is 12.1. The van der Waals surface area contributed by atoms with Crippen molar-refractivity contribution in [3.05, 3.63) is 0 Å². The van der Waals surface area contributed by atoms with E-state index >= 15 is 0 Å². The topological polar surface area (TPSA) is 29.1 Å². The molecule has 0 spiro atoms. The summed E-state index contributed by atoms with van der Waals surface area (Å²) < 4.78 is 0. The molecule has 0 bridgehead atoms. The smallest absolute Gasteiger partial charge is 0.220 e. The number of hydrogen-bond donors (Lipinski definition) is 1. The van der Waals surface area contributed by atoms with Gasteiger partial charge in [-0.1, -0.05) is 62.9 Å². The number of carbonyl (C=O) groups is 1. The van der Waals surface area contributed by atoms with Crippen molar-refractivity contribution in [2.24, 2.45) is 16.7 Å². The van der Waals surface area contributed by atoms with Crippen molar-refractivity contribution in [3.63, 3.8) is 0 Å². The van der Waals surface area contributed by atoms with Crippen molar-refractivity contribution in [1.29, 1.82) is 0 Å². The molecule has 19 heavy (non-hydrogen) atoms. The maximum atomic E-state index is 12.1. The fourth-order valence-electron chi connectivity index (χ4n) is 2.60. The highest BCUT2D eigenvalue weighted by Crippen LogP contribution is 2.37. The van der Waals surface area contributed by atoms with Crippen LogP contribution >= 0.6 is 15.9 Å². The van der Waals surface area contributed by atoms with E-state index in [1.54, 1.807) is 0 Å². The van der Waals surface area contributed by atoms with Gasteiger partial charge in [0.2, 0.25) is 5.91 Å². The lowest BCUT2D eigenvalue weighted by atomic mass is 9.75. The minimum Gasteiger partial charge on any atom is -0.356 e. The zero-order valence-corrected chi connectivity index (χ0v) is 14.6. The number of nitrogens with one attached hydrogen (secondary N) is 1. The van der Waals surface area contributed by atoms with Crippen molar-refractivity contribution in [1.82, 2.24) is 5.32 Å². The van der Waals surface area contributed by atoms with E-state index in [2.05, 4.69) is 48.9 Å². The summed E-state index contributed by atoms with van der Waals surface area (Å²) in [6, 6.07) is 0. The molecule has 1 N–H and O–H groups in total. The molecule has 0 radical (unpaired) electrons. The summed E-state index contributed by atoms with van der Waals surface area (Å²) in [6.45, 7) is 9.61. The van der Waals surface area contributed by atoms with Gasteiger partial charge >= 0.3 is 0 Å². The highest BCUT2D eigenvalue weighted by molar-refractivity contribution is 9.09. The maximum Gasteiger partial charge on any atom is 0.220 e. The molecule has 0 aliphatic heterocycles. The molecule has 0 aromatic carbocycles. The number of carbonyl (C=O) groups excluding carboxylic acids is 1. The molecule has 1 aliphatic rings. The Morgan fingerprint density at radius 2 is 1.84 bits per heavy atom. The third kappa shape index (κ3) is 5.45. The van der Waals surface area contributed by atoms with E-state index in [1.165, 1.54) is 32.1 Å². The zero-order valence-electron chi connectivity index (χ0n) is 13.0. The van der Waals surface area contributed by atoms with Gasteiger partial charge in [0.05, 0.1) is 0 Å². The predicted molar refractivity (Wildman–Crippen MR) is 85.6 cm³/mol. The molecule has 1 unspecified atom stereocenters. The predicted octanol–water partition coefficient (Wildman–Crippen LogP) is 4.52. The van der Waals surface area contributed by atoms with Gasteiger partial charge in [-0.2, -0.15) is 0 Å². The molecule has 2 nitrogen and oxygen atoms in total. The van der Waals surface area contributed by atoms with Crippen LogP contribution in [0.4, 0.5) is 0 Å². The van der Waals surface area contributed by atoms with Crippen molar-refractivity contribution in [2.75, 3.05) is 11.9 Å². The summed E-state index contributed by atoms with van der Waals surface area (Å²) in [5.41, 5.74) is 0.508. The van der Waals surface area contributed by atoms with Gasteiger partial charge in [-0.3, -0.25) is 4.79 Å². The first-order valence-corrected chi connectivity index (χ1v) is 8.74. The number of halogens is 1. The first kappa shape index (κ1) is 17.0. The van der Waals surface area contributed by atoms with E-state index in [0.29, 0.717) is 17.8 Å². The largest absolute Gasteiger partial charge is 0.356 e. The van der Waals surface area contributed by atoms with Crippen molar-refractivity contribution < 1.29 is 4.79 Å². The Morgan fingerprint density at radius 3 is 2.32 bits per heavy atom. The van der Waals surface area contributed by atoms with Gasteiger partial charge in [-0.05, 0) is 29.6 Å². The lowest BCUT2D eigenvalue weighted by Crippen LogP contribution is -2.41. The second-order valence-electron chi connectivity index (χ2n) is 7.44. The average Bonchev–Trinajstić information content (AvgIpc) is 2.36. The van der Waals surface area contributed by atoms with Crippen LogP contribution in [0.5, 0.6) is 0 Å². The number of alkyl halides is 1. The van der Waals surface area contributed by atoms with Crippen LogP contribution in [0.2, 0.25) is 0 Å². The summed E-state index contributed by atoms with van der Waals surface area (Å²) in [5.74, 6) is 0.632. The Morgan fingerprint density at radius 1 is 1.26 bits per heavy atom. The van der Waals surface area contributed by atoms with Crippen LogP contribution < -0.4 is 5.32 Å². The minimum atomic E-state index is 0.204. The first-order valence-electron chi connectivity index (χ1n) is 7.62. The van der Waals surface area contributed by atoms with Crippen LogP contribution in [0.3, 0.4) is 0 Å². The van der Waals surface area contributed by atoms with Crippen molar-refractivity contribution in [3.8, 4) is 0 Å². The summed E-state index contributed by atoms with van der Waals surface area (Å²) in [4.78, 5) is 12.1. The summed E-state index contributed by atoms with van der Waals surface area (Å²) >= 11 is 3.65. The molecular formula is C16H30BrNO. The van der Waals surface area contributed by atoms with Gasteiger partial charge in [0.25, 0.3) is 0 Å². The highest BCUT2D eigenvalue weighted by atomic mass is 79.9. The number of hydrogen-bond acceptors (Lipinski definition) is 1. The molecule has 112 valence electrons. The summed E-state index contributed by atoms with van der Waals surface area (Å²) in [5, 5.41) is 4.19. The molecule has 0 heterocycles. The molecule has 0 saturated heterocycles. The molecule has 1 rings (SSSR count). The standard InChI is InChI=1S/C16H30BrNO/c1-13(15(2,3)4)10-14(19)18-12-16(11-17)8-6-5-7-9-16/h13H,5-12H2,1-4H3,(H,18,19). The third-order valence-corrected chi connectivity index (χ3v) is 6.02. The van der Waals surface area contributed by atoms with Crippen LogP contribution in [0.1, 0.15) is 66.2 Å². The second kappa shape index (κ2) is 7.10. The molecule has 0 aromatic rings. The normalized spacial score (nSPS) is 20.9. The molecule has 1 fully saturated rings. The third-order valence-electron chi connectivity index (χ3n) is 4.83. The summed E-state index contributed by atoms with van der Waals surface area (Å²) in [6.07, 6.45) is 7.09. The second-order valence-corrected chi connectivity index (χ2v) is 8.00. The summed E-state index contributed by atoms with van der Waals surface area (Å²) in [7, 11) is 0. The Hall–Kier alpha value is -0.0500. The average molecular weight is 332 g/mol. The van der Waals surface area contributed by atoms with Gasteiger partial charge in [0.1, 0.15) is 0 Å². The molecule has 1 aliphatic carbocycles. The lowest BCUT2D eigenvalue weighted by molar-refractivity contribution is -0.123. The molecule has 0 aromatic heterocycles. The highest BCUT2D eigenvalue weighted by Gasteiger charge is 2.31. The number of amides is 1. The van der Waals surface area contributed by atoms with Gasteiger partial charge < -0.3 is 5.32 Å². The SMILES string of the molecule is CC(CC(=O)NCC1(CBr)CCCCC1)C(C)(C)C. The molecule has 1 saturated carbocycles. The first-order chi connectivity index (χ1) is 8.79. The van der Waals surface area contributed by atoms with E-state index in [1.807, 2.05) is 0 Å². The number of rotatable bonds is 5. The molecular weight excluding hydrogens is 302 g/mol. The van der Waals surface area contributed by atoms with Gasteiger partial charge in [0, 0.05) is 18.3 Å². The van der Waals surface area contributed by atoms with Crippen LogP contribution in [0.15, 0.2) is 0 Å². The van der Waals surface area contributed by atoms with Crippen LogP contribution in [0, 0.1) is 16.7 Å². The Kier molecular flexibility index (Phi) is 6.35. The minimum absolute atomic E-state index is 0.204. The van der Waals surface area contributed by atoms with Gasteiger partial charge in [-0.15, -0.1) is 0 Å². The fourth-order valence-corrected chi connectivity index (χ4v) is 3.36. The Balaban J connectivity index is 2.40. The van der Waals surface area contributed by atoms with E-state index in [0.717, 1.165) is 11.9 Å². The van der Waals surface area contributed by atoms with E-state index in [4.69, 9.17) is 0 Å². The molecule has 1 atom stereocenters. The van der Waals surface area contributed by atoms with Gasteiger partial charge in [0.15, 0.2) is 0 Å². The Bertz CT molecular complexity index is 290. The van der Waals surface area contributed by atoms with Crippen molar-refractivity contribution in [2.45, 2.75) is 66.2 Å². The van der Waals surface area contributed by atoms with E-state index in [-0.39, 0.29) is 11.3 Å². The molecule has 1 amide bonds. The quantitative estimate of drug-likeness (QED) is 0.737. The van der Waals surface area contributed by atoms with Crippen LogP contribution in [0.25, 0.3) is 0 Å². The van der Waals surface area contributed by atoms with E-state index in [9.17, 15) is 4.79 Å². The monoisotopic (exact) mass is 331 g/mol. The van der Waals surface area contributed by atoms with Crippen molar-refractivity contribution >= 4 is 21.8 Å². The molecule has 3 heteroatoms. The van der Waals surface area contributed by atoms with Crippen LogP contribution in [-0.2, 0) is 4.79 Å². The Labute approximate surface area is 127 Å². The van der Waals surface area contributed by atoms with E-state index < -0.39 is 0 Å². The zero-order chi connectivity index (χ0) is 14.5.